The average Bonchev–Trinajstić information content (AvgIpc) is 3.38. The first-order valence-corrected chi connectivity index (χ1v) is 13.8. The third-order valence-corrected chi connectivity index (χ3v) is 8.91. The highest BCUT2D eigenvalue weighted by Gasteiger charge is 2.42. The summed E-state index contributed by atoms with van der Waals surface area (Å²) in [5.74, 6) is 0.379. The quantitative estimate of drug-likeness (QED) is 0.426. The van der Waals surface area contributed by atoms with Gasteiger partial charge in [-0.1, -0.05) is 26.0 Å². The van der Waals surface area contributed by atoms with Gasteiger partial charge in [0.1, 0.15) is 0 Å². The first-order chi connectivity index (χ1) is 16.4. The fraction of sp³-hybridized carbons (Fsp3) is 0.643. The molecule has 1 aromatic rings. The van der Waals surface area contributed by atoms with Crippen LogP contribution in [-0.4, -0.2) is 66.9 Å². The summed E-state index contributed by atoms with van der Waals surface area (Å²) in [6.45, 7) is 16.4. The first kappa shape index (κ1) is 26.6. The molecule has 2 heterocycles. The second-order valence-electron chi connectivity index (χ2n) is 10.3. The van der Waals surface area contributed by atoms with Crippen molar-refractivity contribution in [3.63, 3.8) is 0 Å². The van der Waals surface area contributed by atoms with Gasteiger partial charge in [-0.05, 0) is 69.2 Å². The van der Waals surface area contributed by atoms with Crippen LogP contribution in [0.3, 0.4) is 0 Å². The first-order valence-electron chi connectivity index (χ1n) is 12.8. The Hall–Kier alpha value is -1.99. The van der Waals surface area contributed by atoms with Crippen molar-refractivity contribution < 1.29 is 0 Å². The van der Waals surface area contributed by atoms with Gasteiger partial charge in [0, 0.05) is 56.2 Å². The minimum atomic E-state index is -0.223. The van der Waals surface area contributed by atoms with Gasteiger partial charge in [0.2, 0.25) is 0 Å². The summed E-state index contributed by atoms with van der Waals surface area (Å²) in [6, 6.07) is 13.3. The minimum absolute atomic E-state index is 0.223. The van der Waals surface area contributed by atoms with Crippen molar-refractivity contribution >= 4 is 17.4 Å². The molecule has 0 N–H and O–H groups in total. The SMILES string of the molecule is CC(C)N(CCN1CCN(CCCC(C#N)(C(C)C)C2CC=CS2)CC1)c1cccc(C#N)c1. The van der Waals surface area contributed by atoms with Crippen LogP contribution in [0.4, 0.5) is 5.69 Å². The van der Waals surface area contributed by atoms with Crippen LogP contribution in [0.15, 0.2) is 35.7 Å². The Labute approximate surface area is 211 Å². The average molecular weight is 480 g/mol. The van der Waals surface area contributed by atoms with Crippen LogP contribution in [0, 0.1) is 34.0 Å². The van der Waals surface area contributed by atoms with Crippen LogP contribution in [0.1, 0.15) is 52.5 Å². The fourth-order valence-corrected chi connectivity index (χ4v) is 6.64. The second-order valence-corrected chi connectivity index (χ2v) is 11.4. The van der Waals surface area contributed by atoms with Gasteiger partial charge in [0.05, 0.1) is 23.1 Å². The number of allylic oxidation sites excluding steroid dienone is 1. The van der Waals surface area contributed by atoms with Gasteiger partial charge in [-0.2, -0.15) is 10.5 Å². The maximum Gasteiger partial charge on any atom is 0.0992 e. The molecule has 0 aromatic heterocycles. The molecule has 2 aliphatic heterocycles. The number of benzene rings is 1. The molecule has 6 heteroatoms. The molecule has 1 aromatic carbocycles. The van der Waals surface area contributed by atoms with Crippen molar-refractivity contribution in [2.75, 3.05) is 50.7 Å². The molecule has 3 rings (SSSR count). The van der Waals surface area contributed by atoms with Crippen LogP contribution < -0.4 is 4.90 Å². The third kappa shape index (κ3) is 6.57. The van der Waals surface area contributed by atoms with Gasteiger partial charge < -0.3 is 9.80 Å². The molecule has 0 aliphatic carbocycles. The van der Waals surface area contributed by atoms with E-state index in [4.69, 9.17) is 0 Å². The number of thioether (sulfide) groups is 1. The predicted molar refractivity (Wildman–Crippen MR) is 144 cm³/mol. The Balaban J connectivity index is 1.44. The minimum Gasteiger partial charge on any atom is -0.368 e. The maximum atomic E-state index is 10.1. The summed E-state index contributed by atoms with van der Waals surface area (Å²) in [5, 5.41) is 21.9. The topological polar surface area (TPSA) is 57.3 Å². The molecule has 2 atom stereocenters. The number of hydrogen-bond acceptors (Lipinski definition) is 6. The molecule has 2 aliphatic rings. The summed E-state index contributed by atoms with van der Waals surface area (Å²) in [6.07, 6.45) is 5.35. The molecule has 0 saturated carbocycles. The smallest absolute Gasteiger partial charge is 0.0992 e. The van der Waals surface area contributed by atoms with Crippen LogP contribution in [0.5, 0.6) is 0 Å². The van der Waals surface area contributed by atoms with E-state index in [9.17, 15) is 10.5 Å². The lowest BCUT2D eigenvalue weighted by Gasteiger charge is -2.39. The second kappa shape index (κ2) is 12.6. The Morgan fingerprint density at radius 1 is 1.09 bits per heavy atom. The molecular formula is C28H41N5S. The zero-order chi connectivity index (χ0) is 24.6. The van der Waals surface area contributed by atoms with Crippen molar-refractivity contribution in [2.45, 2.75) is 58.2 Å². The summed E-state index contributed by atoms with van der Waals surface area (Å²) in [4.78, 5) is 7.54. The molecule has 1 fully saturated rings. The van der Waals surface area contributed by atoms with Gasteiger partial charge in [-0.3, -0.25) is 4.90 Å². The molecule has 184 valence electrons. The molecule has 0 bridgehead atoms. The highest BCUT2D eigenvalue weighted by atomic mass is 32.2. The van der Waals surface area contributed by atoms with Crippen LogP contribution in [-0.2, 0) is 0 Å². The van der Waals surface area contributed by atoms with E-state index in [1.807, 2.05) is 30.0 Å². The van der Waals surface area contributed by atoms with E-state index in [-0.39, 0.29) is 5.41 Å². The summed E-state index contributed by atoms with van der Waals surface area (Å²) in [5.41, 5.74) is 1.63. The molecule has 5 nitrogen and oxygen atoms in total. The Morgan fingerprint density at radius 3 is 2.35 bits per heavy atom. The van der Waals surface area contributed by atoms with Gasteiger partial charge in [0.25, 0.3) is 0 Å². The number of nitriles is 2. The summed E-state index contributed by atoms with van der Waals surface area (Å²) < 4.78 is 0. The molecule has 0 amide bonds. The molecule has 1 saturated heterocycles. The fourth-order valence-electron chi connectivity index (χ4n) is 5.32. The van der Waals surface area contributed by atoms with Crippen molar-refractivity contribution in [3.05, 3.63) is 41.3 Å². The van der Waals surface area contributed by atoms with Crippen LogP contribution in [0.2, 0.25) is 0 Å². The maximum absolute atomic E-state index is 10.1. The predicted octanol–water partition coefficient (Wildman–Crippen LogP) is 5.36. The number of hydrogen-bond donors (Lipinski definition) is 0. The third-order valence-electron chi connectivity index (χ3n) is 7.62. The van der Waals surface area contributed by atoms with Gasteiger partial charge in [-0.25, -0.2) is 0 Å². The van der Waals surface area contributed by atoms with E-state index < -0.39 is 0 Å². The number of anilines is 1. The molecular weight excluding hydrogens is 438 g/mol. The van der Waals surface area contributed by atoms with Crippen molar-refractivity contribution in [2.24, 2.45) is 11.3 Å². The number of nitrogens with zero attached hydrogens (tertiary/aromatic N) is 5. The van der Waals surface area contributed by atoms with E-state index in [0.717, 1.165) is 76.3 Å². The van der Waals surface area contributed by atoms with Crippen LogP contribution >= 0.6 is 11.8 Å². The van der Waals surface area contributed by atoms with Crippen molar-refractivity contribution in [3.8, 4) is 12.1 Å². The van der Waals surface area contributed by atoms with E-state index in [1.165, 1.54) is 0 Å². The number of rotatable bonds is 11. The standard InChI is InChI=1S/C28H41N5S/c1-23(2)28(22-30,27-10-6-19-34-27)11-7-12-31-13-15-32(16-14-31)17-18-33(24(3)4)26-9-5-8-25(20-26)21-29/h5-6,8-9,19-20,23-24,27H,7,10-18H2,1-4H3. The molecule has 34 heavy (non-hydrogen) atoms. The Kier molecular flexibility index (Phi) is 9.89. The van der Waals surface area contributed by atoms with Gasteiger partial charge in [-0.15, -0.1) is 11.8 Å². The lowest BCUT2D eigenvalue weighted by Crippen LogP contribution is -2.49. The van der Waals surface area contributed by atoms with E-state index in [2.05, 4.69) is 72.1 Å². The lowest BCUT2D eigenvalue weighted by atomic mass is 9.71. The largest absolute Gasteiger partial charge is 0.368 e. The van der Waals surface area contributed by atoms with Crippen molar-refractivity contribution in [1.82, 2.24) is 9.80 Å². The van der Waals surface area contributed by atoms with E-state index in [0.29, 0.717) is 17.2 Å². The highest BCUT2D eigenvalue weighted by molar-refractivity contribution is 8.03. The molecule has 0 radical (unpaired) electrons. The Morgan fingerprint density at radius 2 is 1.79 bits per heavy atom. The van der Waals surface area contributed by atoms with E-state index in [1.54, 1.807) is 0 Å². The normalized spacial score (nSPS) is 20.9. The van der Waals surface area contributed by atoms with Gasteiger partial charge >= 0.3 is 0 Å². The molecule has 2 unspecified atom stereocenters. The zero-order valence-electron chi connectivity index (χ0n) is 21.4. The Bertz CT molecular complexity index is 883. The van der Waals surface area contributed by atoms with Gasteiger partial charge in [0.15, 0.2) is 0 Å². The highest BCUT2D eigenvalue weighted by Crippen LogP contribution is 2.46. The zero-order valence-corrected chi connectivity index (χ0v) is 22.2. The summed E-state index contributed by atoms with van der Waals surface area (Å²) >= 11 is 1.86. The number of piperazine rings is 1. The van der Waals surface area contributed by atoms with Crippen molar-refractivity contribution in [1.29, 1.82) is 10.5 Å². The summed E-state index contributed by atoms with van der Waals surface area (Å²) in [7, 11) is 0. The van der Waals surface area contributed by atoms with Crippen LogP contribution in [0.25, 0.3) is 0 Å². The molecule has 0 spiro atoms. The lowest BCUT2D eigenvalue weighted by molar-refractivity contribution is 0.126. The monoisotopic (exact) mass is 479 g/mol. The van der Waals surface area contributed by atoms with E-state index >= 15 is 0 Å².